The number of ether oxygens (including phenoxy) is 1. The quantitative estimate of drug-likeness (QED) is 0.512. The lowest BCUT2D eigenvalue weighted by molar-refractivity contribution is -0.193. The summed E-state index contributed by atoms with van der Waals surface area (Å²) in [6, 6.07) is 8.93. The number of hydrogen-bond acceptors (Lipinski definition) is 7. The molecular weight excluding hydrogens is 557 g/mol. The molecule has 2 atom stereocenters. The lowest BCUT2D eigenvalue weighted by atomic mass is 9.88. The first-order valence-corrected chi connectivity index (χ1v) is 11.7. The normalized spacial score (nSPS) is 21.1. The molecule has 3 heterocycles. The summed E-state index contributed by atoms with van der Waals surface area (Å²) in [7, 11) is 2.04. The lowest BCUT2D eigenvalue weighted by Crippen LogP contribution is -2.48. The van der Waals surface area contributed by atoms with Gasteiger partial charge in [-0.25, -0.2) is 23.9 Å². The molecule has 2 aliphatic heterocycles. The Kier molecular flexibility index (Phi) is 11.2. The summed E-state index contributed by atoms with van der Waals surface area (Å²) in [6.45, 7) is 3.53. The van der Waals surface area contributed by atoms with Gasteiger partial charge in [-0.2, -0.15) is 26.3 Å². The number of piperidine rings is 1. The van der Waals surface area contributed by atoms with Gasteiger partial charge < -0.3 is 19.8 Å². The second kappa shape index (κ2) is 13.7. The third-order valence-electron chi connectivity index (χ3n) is 6.03. The number of halogens is 7. The number of anilines is 1. The summed E-state index contributed by atoms with van der Waals surface area (Å²) < 4.78 is 82.9. The number of likely N-dealkylation sites (tertiary alicyclic amines) is 1. The van der Waals surface area contributed by atoms with Crippen molar-refractivity contribution in [3.8, 4) is 0 Å². The molecule has 1 aromatic heterocycles. The van der Waals surface area contributed by atoms with Gasteiger partial charge in [0.05, 0.1) is 18.2 Å². The molecule has 2 saturated heterocycles. The average Bonchev–Trinajstić information content (AvgIpc) is 3.28. The predicted octanol–water partition coefficient (Wildman–Crippen LogP) is 4.14. The molecule has 4 rings (SSSR count). The van der Waals surface area contributed by atoms with E-state index in [1.165, 1.54) is 12.1 Å². The molecular formula is C24H27F7N4O5. The van der Waals surface area contributed by atoms with E-state index in [4.69, 9.17) is 24.5 Å². The zero-order chi connectivity index (χ0) is 30.1. The molecule has 1 aromatic carbocycles. The zero-order valence-electron chi connectivity index (χ0n) is 21.1. The van der Waals surface area contributed by atoms with Crippen LogP contribution in [0.1, 0.15) is 24.8 Å². The lowest BCUT2D eigenvalue weighted by Gasteiger charge is -2.40. The molecule has 2 aliphatic rings. The molecule has 0 amide bonds. The maximum absolute atomic E-state index is 13.1. The first-order chi connectivity index (χ1) is 18.5. The van der Waals surface area contributed by atoms with Crippen molar-refractivity contribution in [2.24, 2.45) is 0 Å². The van der Waals surface area contributed by atoms with Crippen molar-refractivity contribution >= 4 is 17.9 Å². The Labute approximate surface area is 224 Å². The highest BCUT2D eigenvalue weighted by Gasteiger charge is 2.45. The summed E-state index contributed by atoms with van der Waals surface area (Å²) in [4.78, 5) is 31.1. The Morgan fingerprint density at radius 1 is 1.05 bits per heavy atom. The minimum Gasteiger partial charge on any atom is -0.475 e. The Hall–Kier alpha value is -3.53. The molecule has 1 spiro atoms. The Morgan fingerprint density at radius 3 is 2.08 bits per heavy atom. The minimum absolute atomic E-state index is 0.0913. The molecule has 40 heavy (non-hydrogen) atoms. The number of nitrogens with zero attached hydrogens (tertiary/aromatic N) is 4. The summed E-state index contributed by atoms with van der Waals surface area (Å²) in [5, 5.41) is 14.2. The largest absolute Gasteiger partial charge is 0.490 e. The van der Waals surface area contributed by atoms with Gasteiger partial charge in [0.15, 0.2) is 0 Å². The molecule has 0 bridgehead atoms. The van der Waals surface area contributed by atoms with E-state index in [1.807, 2.05) is 25.2 Å². The van der Waals surface area contributed by atoms with E-state index in [0.717, 1.165) is 50.4 Å². The Bertz CT molecular complexity index is 1080. The molecule has 16 heteroatoms. The van der Waals surface area contributed by atoms with Gasteiger partial charge in [-0.15, -0.1) is 0 Å². The number of likely N-dealkylation sites (N-methyl/N-ethyl adjacent to an activating group) is 1. The van der Waals surface area contributed by atoms with Crippen LogP contribution in [0.25, 0.3) is 0 Å². The van der Waals surface area contributed by atoms with E-state index < -0.39 is 24.3 Å². The molecule has 2 fully saturated rings. The highest BCUT2D eigenvalue weighted by atomic mass is 19.4. The van der Waals surface area contributed by atoms with Crippen LogP contribution in [0.2, 0.25) is 0 Å². The highest BCUT2D eigenvalue weighted by molar-refractivity contribution is 5.73. The molecule has 222 valence electrons. The summed E-state index contributed by atoms with van der Waals surface area (Å²) in [5.74, 6) is -4.95. The summed E-state index contributed by atoms with van der Waals surface area (Å²) in [6.07, 6.45) is -3.42. The molecule has 2 N–H and O–H groups in total. The summed E-state index contributed by atoms with van der Waals surface area (Å²) in [5.41, 5.74) is 1.05. The van der Waals surface area contributed by atoms with Gasteiger partial charge in [0.25, 0.3) is 0 Å². The Morgan fingerprint density at radius 2 is 1.57 bits per heavy atom. The van der Waals surface area contributed by atoms with Crippen LogP contribution >= 0.6 is 0 Å². The number of carbonyl (C=O) groups is 2. The Balaban J connectivity index is 0.000000333. The molecule has 9 nitrogen and oxygen atoms in total. The van der Waals surface area contributed by atoms with Crippen LogP contribution < -0.4 is 4.90 Å². The number of alkyl halides is 6. The highest BCUT2D eigenvalue weighted by Crippen LogP contribution is 2.37. The van der Waals surface area contributed by atoms with Crippen LogP contribution in [-0.4, -0.2) is 87.8 Å². The number of aliphatic carboxylic acids is 2. The van der Waals surface area contributed by atoms with Gasteiger partial charge in [0.2, 0.25) is 5.95 Å². The predicted molar refractivity (Wildman–Crippen MR) is 126 cm³/mol. The first kappa shape index (κ1) is 32.7. The van der Waals surface area contributed by atoms with Crippen molar-refractivity contribution in [3.05, 3.63) is 54.1 Å². The van der Waals surface area contributed by atoms with Crippen LogP contribution in [0.4, 0.5) is 36.7 Å². The maximum atomic E-state index is 13.1. The number of hydrogen-bond donors (Lipinski definition) is 2. The molecule has 0 saturated carbocycles. The van der Waals surface area contributed by atoms with E-state index in [0.29, 0.717) is 12.6 Å². The second-order valence-corrected chi connectivity index (χ2v) is 9.06. The van der Waals surface area contributed by atoms with Gasteiger partial charge in [0, 0.05) is 39.0 Å². The number of aromatic nitrogens is 2. The van der Waals surface area contributed by atoms with Gasteiger partial charge in [-0.1, -0.05) is 12.1 Å². The fourth-order valence-corrected chi connectivity index (χ4v) is 4.16. The summed E-state index contributed by atoms with van der Waals surface area (Å²) >= 11 is 0. The number of carboxylic acid groups (broad SMARTS) is 2. The van der Waals surface area contributed by atoms with Crippen LogP contribution in [0.5, 0.6) is 0 Å². The molecule has 2 unspecified atom stereocenters. The van der Waals surface area contributed by atoms with Crippen molar-refractivity contribution in [2.75, 3.05) is 31.6 Å². The smallest absolute Gasteiger partial charge is 0.475 e. The van der Waals surface area contributed by atoms with Crippen LogP contribution in [0, 0.1) is 5.82 Å². The second-order valence-electron chi connectivity index (χ2n) is 9.06. The molecule has 0 aliphatic carbocycles. The van der Waals surface area contributed by atoms with E-state index in [1.54, 1.807) is 12.4 Å². The average molecular weight is 584 g/mol. The van der Waals surface area contributed by atoms with E-state index >= 15 is 0 Å². The maximum Gasteiger partial charge on any atom is 0.490 e. The number of carboxylic acids is 2. The van der Waals surface area contributed by atoms with E-state index in [2.05, 4.69) is 19.8 Å². The van der Waals surface area contributed by atoms with E-state index in [9.17, 15) is 30.7 Å². The van der Waals surface area contributed by atoms with E-state index in [-0.39, 0.29) is 11.4 Å². The fraction of sp³-hybridized carbons (Fsp3) is 0.500. The van der Waals surface area contributed by atoms with Gasteiger partial charge in [-0.05, 0) is 43.1 Å². The van der Waals surface area contributed by atoms with Crippen LogP contribution in [0.3, 0.4) is 0 Å². The minimum atomic E-state index is -5.08. The van der Waals surface area contributed by atoms with Crippen molar-refractivity contribution in [1.29, 1.82) is 0 Å². The fourth-order valence-electron chi connectivity index (χ4n) is 4.16. The van der Waals surface area contributed by atoms with Gasteiger partial charge in [0.1, 0.15) is 5.82 Å². The van der Waals surface area contributed by atoms with Crippen molar-refractivity contribution in [1.82, 2.24) is 14.9 Å². The molecule has 2 aromatic rings. The topological polar surface area (TPSA) is 116 Å². The number of benzene rings is 1. The molecule has 0 radical (unpaired) electrons. The van der Waals surface area contributed by atoms with Crippen molar-refractivity contribution < 1.29 is 55.3 Å². The number of rotatable bonds is 4. The van der Waals surface area contributed by atoms with Crippen molar-refractivity contribution in [3.63, 3.8) is 0 Å². The SMILES string of the molecule is CN(c1ncccn1)C1COC2(CCCN(Cc3ccc(F)cc3)C2)C1.O=C(O)C(F)(F)F.O=C(O)C(F)(F)F. The third kappa shape index (κ3) is 10.2. The first-order valence-electron chi connectivity index (χ1n) is 11.7. The zero-order valence-corrected chi connectivity index (χ0v) is 21.1. The third-order valence-corrected chi connectivity index (χ3v) is 6.03. The van der Waals surface area contributed by atoms with Crippen LogP contribution in [0.15, 0.2) is 42.7 Å². The van der Waals surface area contributed by atoms with Gasteiger partial charge >= 0.3 is 24.3 Å². The monoisotopic (exact) mass is 584 g/mol. The standard InChI is InChI=1S/C20H25FN4O.2C2HF3O2/c1-24(19-22-9-3-10-23-19)18-12-20(26-14-18)8-2-11-25(15-20)13-16-4-6-17(21)7-5-16;2*3-2(4,5)1(6)7/h3-7,9-10,18H,2,8,11-15H2,1H3;2*(H,6,7). The van der Waals surface area contributed by atoms with Crippen molar-refractivity contribution in [2.45, 2.75) is 49.8 Å². The van der Waals surface area contributed by atoms with Crippen LogP contribution in [-0.2, 0) is 20.9 Å². The van der Waals surface area contributed by atoms with Gasteiger partial charge in [-0.3, -0.25) is 4.90 Å².